The zero-order chi connectivity index (χ0) is 18.5. The minimum absolute atomic E-state index is 0.185. The molecule has 136 valence electrons. The SMILES string of the molecule is C[C@H](OC(=O)COc1cccc(Br)c1)C(=O)N1CCc2ccccc2C1. The molecule has 6 heteroatoms. The van der Waals surface area contributed by atoms with Gasteiger partial charge in [-0.05, 0) is 42.7 Å². The monoisotopic (exact) mass is 417 g/mol. The standard InChI is InChI=1S/C20H20BrNO4/c1-14(26-19(23)13-25-18-8-4-7-17(21)11-18)20(24)22-10-9-15-5-2-3-6-16(15)12-22/h2-8,11,14H,9-10,12-13H2,1H3/t14-/m0/s1. The quantitative estimate of drug-likeness (QED) is 0.699. The molecule has 0 radical (unpaired) electrons. The molecule has 0 saturated heterocycles. The number of carbonyl (C=O) groups excluding carboxylic acids is 2. The van der Waals surface area contributed by atoms with Gasteiger partial charge in [0, 0.05) is 17.6 Å². The lowest BCUT2D eigenvalue weighted by Gasteiger charge is -2.30. The topological polar surface area (TPSA) is 55.8 Å². The molecule has 2 aromatic rings. The zero-order valence-corrected chi connectivity index (χ0v) is 16.1. The second-order valence-electron chi connectivity index (χ2n) is 6.16. The van der Waals surface area contributed by atoms with Crippen LogP contribution in [0.15, 0.2) is 53.0 Å². The number of benzene rings is 2. The fourth-order valence-corrected chi connectivity index (χ4v) is 3.30. The summed E-state index contributed by atoms with van der Waals surface area (Å²) in [4.78, 5) is 26.3. The summed E-state index contributed by atoms with van der Waals surface area (Å²) in [5.41, 5.74) is 2.41. The number of ether oxygens (including phenoxy) is 2. The van der Waals surface area contributed by atoms with Gasteiger partial charge in [-0.15, -0.1) is 0 Å². The van der Waals surface area contributed by atoms with Crippen molar-refractivity contribution < 1.29 is 19.1 Å². The highest BCUT2D eigenvalue weighted by Gasteiger charge is 2.26. The van der Waals surface area contributed by atoms with Crippen molar-refractivity contribution in [1.82, 2.24) is 4.90 Å². The molecule has 1 aliphatic rings. The van der Waals surface area contributed by atoms with Crippen molar-refractivity contribution in [1.29, 1.82) is 0 Å². The number of hydrogen-bond donors (Lipinski definition) is 0. The van der Waals surface area contributed by atoms with Crippen LogP contribution in [0.2, 0.25) is 0 Å². The fourth-order valence-electron chi connectivity index (χ4n) is 2.92. The Morgan fingerprint density at radius 2 is 1.92 bits per heavy atom. The molecule has 26 heavy (non-hydrogen) atoms. The Labute approximate surface area is 161 Å². The van der Waals surface area contributed by atoms with Gasteiger partial charge in [0.15, 0.2) is 12.7 Å². The van der Waals surface area contributed by atoms with Crippen molar-refractivity contribution in [3.63, 3.8) is 0 Å². The van der Waals surface area contributed by atoms with Gasteiger partial charge in [-0.2, -0.15) is 0 Å². The van der Waals surface area contributed by atoms with Crippen molar-refractivity contribution >= 4 is 27.8 Å². The van der Waals surface area contributed by atoms with Gasteiger partial charge in [-0.3, -0.25) is 4.79 Å². The third-order valence-corrected chi connectivity index (χ3v) is 4.74. The van der Waals surface area contributed by atoms with Crippen LogP contribution in [0.5, 0.6) is 5.75 Å². The number of esters is 1. The molecule has 0 aliphatic carbocycles. The molecule has 1 heterocycles. The first-order valence-corrected chi connectivity index (χ1v) is 9.25. The highest BCUT2D eigenvalue weighted by Crippen LogP contribution is 2.20. The Balaban J connectivity index is 1.50. The van der Waals surface area contributed by atoms with Crippen LogP contribution in [0.4, 0.5) is 0 Å². The van der Waals surface area contributed by atoms with Gasteiger partial charge in [0.1, 0.15) is 5.75 Å². The molecule has 3 rings (SSSR count). The van der Waals surface area contributed by atoms with E-state index in [1.165, 1.54) is 5.56 Å². The first kappa shape index (κ1) is 18.5. The average molecular weight is 418 g/mol. The predicted octanol–water partition coefficient (Wildman–Crippen LogP) is 3.34. The van der Waals surface area contributed by atoms with Gasteiger partial charge in [0.25, 0.3) is 5.91 Å². The summed E-state index contributed by atoms with van der Waals surface area (Å²) in [5.74, 6) is -0.193. The maximum atomic E-state index is 12.6. The molecule has 0 bridgehead atoms. The van der Waals surface area contributed by atoms with Crippen LogP contribution in [-0.4, -0.2) is 36.0 Å². The lowest BCUT2D eigenvalue weighted by atomic mass is 9.99. The van der Waals surface area contributed by atoms with Crippen LogP contribution in [0.3, 0.4) is 0 Å². The third kappa shape index (κ3) is 4.64. The summed E-state index contributed by atoms with van der Waals surface area (Å²) in [6.45, 7) is 2.54. The van der Waals surface area contributed by atoms with Crippen LogP contribution in [0.1, 0.15) is 18.1 Å². The number of rotatable bonds is 5. The summed E-state index contributed by atoms with van der Waals surface area (Å²) >= 11 is 3.34. The van der Waals surface area contributed by atoms with Crippen molar-refractivity contribution in [2.45, 2.75) is 26.0 Å². The molecule has 0 N–H and O–H groups in total. The molecule has 0 unspecified atom stereocenters. The summed E-state index contributed by atoms with van der Waals surface area (Å²) in [6, 6.07) is 15.3. The Morgan fingerprint density at radius 1 is 1.15 bits per heavy atom. The van der Waals surface area contributed by atoms with Crippen LogP contribution < -0.4 is 4.74 Å². The summed E-state index contributed by atoms with van der Waals surface area (Å²) < 4.78 is 11.5. The second kappa shape index (κ2) is 8.36. The van der Waals surface area contributed by atoms with E-state index in [1.807, 2.05) is 30.3 Å². The van der Waals surface area contributed by atoms with Gasteiger partial charge in [-0.25, -0.2) is 4.79 Å². The Kier molecular flexibility index (Phi) is 5.93. The van der Waals surface area contributed by atoms with Crippen molar-refractivity contribution in [3.05, 3.63) is 64.1 Å². The summed E-state index contributed by atoms with van der Waals surface area (Å²) in [5, 5.41) is 0. The van der Waals surface area contributed by atoms with Crippen molar-refractivity contribution in [2.75, 3.05) is 13.2 Å². The van der Waals surface area contributed by atoms with Gasteiger partial charge >= 0.3 is 5.97 Å². The summed E-state index contributed by atoms with van der Waals surface area (Å²) in [7, 11) is 0. The first-order valence-electron chi connectivity index (χ1n) is 8.46. The van der Waals surface area contributed by atoms with Gasteiger partial charge in [0.2, 0.25) is 0 Å². The van der Waals surface area contributed by atoms with Gasteiger partial charge in [-0.1, -0.05) is 46.3 Å². The zero-order valence-electron chi connectivity index (χ0n) is 14.5. The Bertz CT molecular complexity index is 808. The minimum Gasteiger partial charge on any atom is -0.482 e. The van der Waals surface area contributed by atoms with E-state index in [0.717, 1.165) is 16.5 Å². The molecule has 2 aromatic carbocycles. The smallest absolute Gasteiger partial charge is 0.344 e. The number of carbonyl (C=O) groups is 2. The molecule has 0 saturated carbocycles. The maximum Gasteiger partial charge on any atom is 0.344 e. The molecular weight excluding hydrogens is 398 g/mol. The maximum absolute atomic E-state index is 12.6. The van der Waals surface area contributed by atoms with E-state index < -0.39 is 12.1 Å². The Hall–Kier alpha value is -2.34. The molecule has 1 amide bonds. The number of nitrogens with zero attached hydrogens (tertiary/aromatic N) is 1. The fraction of sp³-hybridized carbons (Fsp3) is 0.300. The summed E-state index contributed by atoms with van der Waals surface area (Å²) in [6.07, 6.45) is -0.0203. The molecule has 0 aromatic heterocycles. The molecule has 1 atom stereocenters. The molecule has 1 aliphatic heterocycles. The first-order chi connectivity index (χ1) is 12.5. The lowest BCUT2D eigenvalue weighted by molar-refractivity contribution is -0.161. The number of hydrogen-bond acceptors (Lipinski definition) is 4. The lowest BCUT2D eigenvalue weighted by Crippen LogP contribution is -2.43. The third-order valence-electron chi connectivity index (χ3n) is 4.25. The van der Waals surface area contributed by atoms with Crippen molar-refractivity contribution in [3.8, 4) is 5.75 Å². The molecule has 5 nitrogen and oxygen atoms in total. The average Bonchev–Trinajstić information content (AvgIpc) is 2.65. The molecule has 0 spiro atoms. The highest BCUT2D eigenvalue weighted by molar-refractivity contribution is 9.10. The van der Waals surface area contributed by atoms with E-state index in [4.69, 9.17) is 9.47 Å². The largest absolute Gasteiger partial charge is 0.482 e. The van der Waals surface area contributed by atoms with E-state index in [0.29, 0.717) is 18.8 Å². The predicted molar refractivity (Wildman–Crippen MR) is 101 cm³/mol. The van der Waals surface area contributed by atoms with E-state index in [-0.39, 0.29) is 12.5 Å². The number of halogens is 1. The number of fused-ring (bicyclic) bond motifs is 1. The Morgan fingerprint density at radius 3 is 2.69 bits per heavy atom. The van der Waals surface area contributed by atoms with Crippen LogP contribution in [0.25, 0.3) is 0 Å². The molecule has 0 fully saturated rings. The van der Waals surface area contributed by atoms with Crippen molar-refractivity contribution in [2.24, 2.45) is 0 Å². The van der Waals surface area contributed by atoms with E-state index in [2.05, 4.69) is 22.0 Å². The normalized spacial score (nSPS) is 14.3. The van der Waals surface area contributed by atoms with Crippen LogP contribution in [0, 0.1) is 0 Å². The van der Waals surface area contributed by atoms with E-state index >= 15 is 0 Å². The van der Waals surface area contributed by atoms with Crippen LogP contribution >= 0.6 is 15.9 Å². The highest BCUT2D eigenvalue weighted by atomic mass is 79.9. The number of amides is 1. The van der Waals surface area contributed by atoms with Gasteiger partial charge < -0.3 is 14.4 Å². The van der Waals surface area contributed by atoms with E-state index in [9.17, 15) is 9.59 Å². The van der Waals surface area contributed by atoms with E-state index in [1.54, 1.807) is 24.0 Å². The van der Waals surface area contributed by atoms with Crippen LogP contribution in [-0.2, 0) is 27.3 Å². The van der Waals surface area contributed by atoms with Gasteiger partial charge in [0.05, 0.1) is 0 Å². The second-order valence-corrected chi connectivity index (χ2v) is 7.07. The molecular formula is C20H20BrNO4. The minimum atomic E-state index is -0.834.